The van der Waals surface area contributed by atoms with E-state index in [9.17, 15) is 0 Å². The molecule has 0 saturated carbocycles. The molecule has 1 rings (SSSR count). The molecule has 0 unspecified atom stereocenters. The van der Waals surface area contributed by atoms with Crippen LogP contribution in [0.3, 0.4) is 0 Å². The molecular formula is C7H15P. The van der Waals surface area contributed by atoms with Gasteiger partial charge < -0.3 is 0 Å². The zero-order valence-corrected chi connectivity index (χ0v) is 6.75. The number of hydrogen-bond acceptors (Lipinski definition) is 0. The van der Waals surface area contributed by atoms with Crippen molar-refractivity contribution < 1.29 is 0 Å². The molecule has 0 spiro atoms. The highest BCUT2D eigenvalue weighted by molar-refractivity contribution is 7.74. The van der Waals surface area contributed by atoms with Crippen LogP contribution in [0.15, 0.2) is 0 Å². The Morgan fingerprint density at radius 3 is 2.00 bits per heavy atom. The molecule has 0 aromatic carbocycles. The molecule has 0 radical (unpaired) electrons. The summed E-state index contributed by atoms with van der Waals surface area (Å²) in [5, 5.41) is 0. The standard InChI is InChI=1S/C7H15P/c1-3-8(2)6-4-5-7-8/h3H,4-7H2,1-2H3. The number of rotatable bonds is 0. The third-order valence-electron chi connectivity index (χ3n) is 2.21. The lowest BCUT2D eigenvalue weighted by atomic mass is 10.4. The predicted molar refractivity (Wildman–Crippen MR) is 43.6 cm³/mol. The second kappa shape index (κ2) is 2.27. The molecule has 0 N–H and O–H groups in total. The van der Waals surface area contributed by atoms with Crippen molar-refractivity contribution in [2.75, 3.05) is 19.0 Å². The van der Waals surface area contributed by atoms with Gasteiger partial charge in [-0.05, 0) is 38.8 Å². The SMILES string of the molecule is CC=P1(C)CCCC1. The summed E-state index contributed by atoms with van der Waals surface area (Å²) in [6.07, 6.45) is 6.05. The van der Waals surface area contributed by atoms with E-state index in [1.165, 1.54) is 25.2 Å². The van der Waals surface area contributed by atoms with Gasteiger partial charge in [-0.15, -0.1) is 6.89 Å². The van der Waals surface area contributed by atoms with E-state index in [0.29, 0.717) is 0 Å². The summed E-state index contributed by atoms with van der Waals surface area (Å²) in [7, 11) is 0. The molecule has 1 fully saturated rings. The fraction of sp³-hybridized carbons (Fsp3) is 0.857. The lowest BCUT2D eigenvalue weighted by Crippen LogP contribution is -1.81. The molecule has 8 heavy (non-hydrogen) atoms. The third-order valence-corrected chi connectivity index (χ3v) is 6.13. The minimum absolute atomic E-state index is 0.426. The van der Waals surface area contributed by atoms with Gasteiger partial charge in [-0.3, -0.25) is 0 Å². The molecule has 0 atom stereocenters. The maximum absolute atomic E-state index is 2.47. The summed E-state index contributed by atoms with van der Waals surface area (Å²) < 4.78 is 0. The van der Waals surface area contributed by atoms with Crippen molar-refractivity contribution in [3.63, 3.8) is 0 Å². The summed E-state index contributed by atoms with van der Waals surface area (Å²) in [6, 6.07) is 0. The van der Waals surface area contributed by atoms with Gasteiger partial charge in [0.25, 0.3) is 0 Å². The van der Waals surface area contributed by atoms with E-state index in [1.807, 2.05) is 0 Å². The van der Waals surface area contributed by atoms with Crippen molar-refractivity contribution in [1.82, 2.24) is 0 Å². The van der Waals surface area contributed by atoms with Crippen molar-refractivity contribution in [2.45, 2.75) is 19.8 Å². The highest BCUT2D eigenvalue weighted by atomic mass is 31.2. The highest BCUT2D eigenvalue weighted by Crippen LogP contribution is 2.48. The molecule has 1 heteroatoms. The van der Waals surface area contributed by atoms with Crippen LogP contribution in [0, 0.1) is 0 Å². The van der Waals surface area contributed by atoms with Gasteiger partial charge >= 0.3 is 0 Å². The Kier molecular flexibility index (Phi) is 1.82. The molecule has 0 amide bonds. The highest BCUT2D eigenvalue weighted by Gasteiger charge is 2.14. The van der Waals surface area contributed by atoms with E-state index >= 15 is 0 Å². The van der Waals surface area contributed by atoms with Crippen molar-refractivity contribution >= 4 is 12.7 Å². The van der Waals surface area contributed by atoms with Crippen LogP contribution in [-0.2, 0) is 0 Å². The normalized spacial score (nSPS) is 25.8. The maximum atomic E-state index is 2.47. The Bertz CT molecular complexity index is 114. The molecule has 0 aromatic rings. The molecule has 0 aliphatic carbocycles. The van der Waals surface area contributed by atoms with Crippen LogP contribution in [0.2, 0.25) is 0 Å². The minimum Gasteiger partial charge on any atom is -0.112 e. The fourth-order valence-electron chi connectivity index (χ4n) is 1.32. The van der Waals surface area contributed by atoms with E-state index < -0.39 is 6.89 Å². The van der Waals surface area contributed by atoms with Crippen LogP contribution in [0.5, 0.6) is 0 Å². The minimum atomic E-state index is -0.426. The van der Waals surface area contributed by atoms with Gasteiger partial charge in [-0.2, -0.15) is 0 Å². The molecule has 1 aliphatic rings. The maximum Gasteiger partial charge on any atom is -0.0332 e. The molecule has 1 saturated heterocycles. The first-order valence-electron chi connectivity index (χ1n) is 3.42. The van der Waals surface area contributed by atoms with Gasteiger partial charge in [0.15, 0.2) is 0 Å². The van der Waals surface area contributed by atoms with Crippen LogP contribution in [0.25, 0.3) is 0 Å². The summed E-state index contributed by atoms with van der Waals surface area (Å²) in [5.41, 5.74) is 0. The first-order chi connectivity index (χ1) is 3.77. The number of hydrogen-bond donors (Lipinski definition) is 0. The van der Waals surface area contributed by atoms with Gasteiger partial charge in [0.2, 0.25) is 0 Å². The van der Waals surface area contributed by atoms with Crippen LogP contribution >= 0.6 is 6.89 Å². The van der Waals surface area contributed by atoms with Crippen molar-refractivity contribution in [2.24, 2.45) is 0 Å². The van der Waals surface area contributed by atoms with Crippen molar-refractivity contribution in [3.8, 4) is 0 Å². The van der Waals surface area contributed by atoms with Crippen LogP contribution in [-0.4, -0.2) is 24.8 Å². The summed E-state index contributed by atoms with van der Waals surface area (Å²) in [4.78, 5) is 0. The zero-order chi connectivity index (χ0) is 6.04. The van der Waals surface area contributed by atoms with Gasteiger partial charge in [-0.1, -0.05) is 5.80 Å². The first-order valence-corrected chi connectivity index (χ1v) is 6.09. The first kappa shape index (κ1) is 6.42. The van der Waals surface area contributed by atoms with E-state index in [1.54, 1.807) is 0 Å². The van der Waals surface area contributed by atoms with E-state index in [2.05, 4.69) is 19.4 Å². The zero-order valence-electron chi connectivity index (χ0n) is 5.85. The monoisotopic (exact) mass is 130 g/mol. The molecule has 0 nitrogen and oxygen atoms in total. The largest absolute Gasteiger partial charge is 0.112 e. The Labute approximate surface area is 52.3 Å². The average molecular weight is 130 g/mol. The van der Waals surface area contributed by atoms with Crippen LogP contribution < -0.4 is 0 Å². The Morgan fingerprint density at radius 2 is 1.75 bits per heavy atom. The molecule has 0 bridgehead atoms. The van der Waals surface area contributed by atoms with Gasteiger partial charge in [-0.25, -0.2) is 0 Å². The Hall–Kier alpha value is 0.300. The van der Waals surface area contributed by atoms with Crippen molar-refractivity contribution in [3.05, 3.63) is 0 Å². The molecule has 48 valence electrons. The summed E-state index contributed by atoms with van der Waals surface area (Å²) in [6.45, 7) is 4.28. The Morgan fingerprint density at radius 1 is 1.25 bits per heavy atom. The van der Waals surface area contributed by atoms with Crippen molar-refractivity contribution in [1.29, 1.82) is 0 Å². The average Bonchev–Trinajstić information content (AvgIpc) is 2.17. The lowest BCUT2D eigenvalue weighted by Gasteiger charge is -2.09. The fourth-order valence-corrected chi connectivity index (χ4v) is 3.95. The molecule has 1 aliphatic heterocycles. The molecule has 0 aromatic heterocycles. The second-order valence-corrected chi connectivity index (χ2v) is 7.26. The molecule has 1 heterocycles. The van der Waals surface area contributed by atoms with E-state index in [0.717, 1.165) is 0 Å². The topological polar surface area (TPSA) is 0 Å². The Balaban J connectivity index is 2.67. The quantitative estimate of drug-likeness (QED) is 0.441. The smallest absolute Gasteiger partial charge is 0.0332 e. The van der Waals surface area contributed by atoms with Crippen LogP contribution in [0.4, 0.5) is 0 Å². The van der Waals surface area contributed by atoms with Gasteiger partial charge in [0.05, 0.1) is 0 Å². The van der Waals surface area contributed by atoms with Crippen LogP contribution in [0.1, 0.15) is 19.8 Å². The van der Waals surface area contributed by atoms with Gasteiger partial charge in [0.1, 0.15) is 0 Å². The predicted octanol–water partition coefficient (Wildman–Crippen LogP) is 2.25. The third kappa shape index (κ3) is 1.17. The second-order valence-electron chi connectivity index (χ2n) is 2.89. The van der Waals surface area contributed by atoms with Gasteiger partial charge in [0, 0.05) is 0 Å². The lowest BCUT2D eigenvalue weighted by molar-refractivity contribution is 0.949. The van der Waals surface area contributed by atoms with E-state index in [-0.39, 0.29) is 0 Å². The summed E-state index contributed by atoms with van der Waals surface area (Å²) in [5.74, 6) is 2.47. The van der Waals surface area contributed by atoms with E-state index in [4.69, 9.17) is 0 Å². The summed E-state index contributed by atoms with van der Waals surface area (Å²) >= 11 is 0. The molecular weight excluding hydrogens is 115 g/mol.